The second-order valence-corrected chi connectivity index (χ2v) is 6.88. The van der Waals surface area contributed by atoms with E-state index in [9.17, 15) is 4.79 Å². The lowest BCUT2D eigenvalue weighted by Crippen LogP contribution is -2.63. The van der Waals surface area contributed by atoms with Crippen molar-refractivity contribution in [1.82, 2.24) is 20.0 Å². The van der Waals surface area contributed by atoms with Gasteiger partial charge in [-0.25, -0.2) is 0 Å². The quantitative estimate of drug-likeness (QED) is 0.771. The molecule has 0 bridgehead atoms. The summed E-state index contributed by atoms with van der Waals surface area (Å²) in [6.07, 6.45) is 2.56. The molecule has 5 heteroatoms. The highest BCUT2D eigenvalue weighted by molar-refractivity contribution is 5.85. The molecule has 114 valence electrons. The Morgan fingerprint density at radius 3 is 2.60 bits per heavy atom. The summed E-state index contributed by atoms with van der Waals surface area (Å²) in [6.45, 7) is 12.3. The number of carbonyl (C=O) groups is 1. The second-order valence-electron chi connectivity index (χ2n) is 6.88. The van der Waals surface area contributed by atoms with Gasteiger partial charge in [-0.3, -0.25) is 14.6 Å². The molecule has 1 amide bonds. The van der Waals surface area contributed by atoms with Crippen LogP contribution >= 0.6 is 0 Å². The van der Waals surface area contributed by atoms with Crippen LogP contribution in [0.15, 0.2) is 0 Å². The smallest absolute Gasteiger partial charge is 0.242 e. The summed E-state index contributed by atoms with van der Waals surface area (Å²) in [5, 5.41) is 3.36. The van der Waals surface area contributed by atoms with E-state index in [4.69, 9.17) is 0 Å². The Bertz CT molecular complexity index is 365. The van der Waals surface area contributed by atoms with Gasteiger partial charge in [0.1, 0.15) is 0 Å². The molecule has 0 aromatic heterocycles. The van der Waals surface area contributed by atoms with E-state index < -0.39 is 0 Å². The summed E-state index contributed by atoms with van der Waals surface area (Å²) < 4.78 is 0. The van der Waals surface area contributed by atoms with Gasteiger partial charge in [0.2, 0.25) is 5.91 Å². The monoisotopic (exact) mass is 280 g/mol. The molecule has 3 aliphatic rings. The van der Waals surface area contributed by atoms with Gasteiger partial charge < -0.3 is 10.2 Å². The lowest BCUT2D eigenvalue weighted by molar-refractivity contribution is -0.145. The van der Waals surface area contributed by atoms with Crippen molar-refractivity contribution in [3.8, 4) is 0 Å². The van der Waals surface area contributed by atoms with Crippen molar-refractivity contribution in [2.24, 2.45) is 0 Å². The molecule has 3 aliphatic heterocycles. The number of amides is 1. The van der Waals surface area contributed by atoms with Crippen LogP contribution in [0.1, 0.15) is 26.7 Å². The number of carbonyl (C=O) groups excluding carboxylic acids is 1. The maximum Gasteiger partial charge on any atom is 0.242 e. The van der Waals surface area contributed by atoms with Gasteiger partial charge in [0.15, 0.2) is 0 Å². The van der Waals surface area contributed by atoms with E-state index in [0.29, 0.717) is 11.9 Å². The molecular formula is C15H28N4O. The first-order valence-electron chi connectivity index (χ1n) is 8.08. The molecule has 1 atom stereocenters. The van der Waals surface area contributed by atoms with Gasteiger partial charge in [0.25, 0.3) is 0 Å². The van der Waals surface area contributed by atoms with Gasteiger partial charge in [-0.05, 0) is 33.2 Å². The van der Waals surface area contributed by atoms with Crippen LogP contribution in [0.2, 0.25) is 0 Å². The molecule has 3 heterocycles. The highest BCUT2D eigenvalue weighted by atomic mass is 16.2. The van der Waals surface area contributed by atoms with Gasteiger partial charge >= 0.3 is 0 Å². The predicted molar refractivity (Wildman–Crippen MR) is 79.7 cm³/mol. The first kappa shape index (κ1) is 14.3. The van der Waals surface area contributed by atoms with E-state index in [0.717, 1.165) is 45.8 Å². The number of piperazine rings is 2. The standard InChI is InChI=1S/C15H28N4O/c1-15(2,19-8-5-16-6-9-19)14(20)18-11-10-17-7-3-4-13(17)12-18/h13,16H,3-12H2,1-2H3. The first-order valence-corrected chi connectivity index (χ1v) is 8.08. The minimum absolute atomic E-state index is 0.325. The molecule has 0 saturated carbocycles. The van der Waals surface area contributed by atoms with Crippen LogP contribution in [0, 0.1) is 0 Å². The molecule has 3 fully saturated rings. The van der Waals surface area contributed by atoms with Crippen LogP contribution in [0.25, 0.3) is 0 Å². The highest BCUT2D eigenvalue weighted by Gasteiger charge is 2.41. The Hall–Kier alpha value is -0.650. The molecule has 0 aromatic carbocycles. The maximum absolute atomic E-state index is 13.0. The minimum atomic E-state index is -0.358. The molecule has 3 saturated heterocycles. The molecule has 0 aliphatic carbocycles. The molecule has 20 heavy (non-hydrogen) atoms. The van der Waals surface area contributed by atoms with Crippen LogP contribution < -0.4 is 5.32 Å². The molecule has 0 radical (unpaired) electrons. The van der Waals surface area contributed by atoms with E-state index >= 15 is 0 Å². The van der Waals surface area contributed by atoms with Crippen molar-refractivity contribution in [3.05, 3.63) is 0 Å². The maximum atomic E-state index is 13.0. The fourth-order valence-corrected chi connectivity index (χ4v) is 3.92. The van der Waals surface area contributed by atoms with Crippen molar-refractivity contribution in [1.29, 1.82) is 0 Å². The number of hydrogen-bond acceptors (Lipinski definition) is 4. The van der Waals surface area contributed by atoms with Crippen LogP contribution in [0.3, 0.4) is 0 Å². The van der Waals surface area contributed by atoms with Gasteiger partial charge in [0.05, 0.1) is 5.54 Å². The van der Waals surface area contributed by atoms with Crippen LogP contribution in [-0.4, -0.2) is 84.5 Å². The predicted octanol–water partition coefficient (Wildman–Crippen LogP) is -0.0232. The third-order valence-corrected chi connectivity index (χ3v) is 5.31. The highest BCUT2D eigenvalue weighted by Crippen LogP contribution is 2.25. The number of fused-ring (bicyclic) bond motifs is 1. The second kappa shape index (κ2) is 5.62. The summed E-state index contributed by atoms with van der Waals surface area (Å²) in [6, 6.07) is 0.617. The molecular weight excluding hydrogens is 252 g/mol. The van der Waals surface area contributed by atoms with Crippen LogP contribution in [0.4, 0.5) is 0 Å². The van der Waals surface area contributed by atoms with Crippen molar-refractivity contribution in [2.75, 3.05) is 52.4 Å². The first-order chi connectivity index (χ1) is 9.59. The largest absolute Gasteiger partial charge is 0.338 e. The lowest BCUT2D eigenvalue weighted by Gasteiger charge is -2.45. The van der Waals surface area contributed by atoms with E-state index in [1.54, 1.807) is 0 Å². The number of hydrogen-bond donors (Lipinski definition) is 1. The average molecular weight is 280 g/mol. The zero-order valence-corrected chi connectivity index (χ0v) is 12.9. The third kappa shape index (κ3) is 2.59. The molecule has 3 rings (SSSR count). The summed E-state index contributed by atoms with van der Waals surface area (Å²) in [7, 11) is 0. The van der Waals surface area contributed by atoms with Gasteiger partial charge in [-0.2, -0.15) is 0 Å². The van der Waals surface area contributed by atoms with E-state index in [2.05, 4.69) is 33.9 Å². The summed E-state index contributed by atoms with van der Waals surface area (Å²) in [4.78, 5) is 20.0. The van der Waals surface area contributed by atoms with Crippen molar-refractivity contribution < 1.29 is 4.79 Å². The lowest BCUT2D eigenvalue weighted by atomic mass is 9.98. The fourth-order valence-electron chi connectivity index (χ4n) is 3.92. The summed E-state index contributed by atoms with van der Waals surface area (Å²) >= 11 is 0. The third-order valence-electron chi connectivity index (χ3n) is 5.31. The van der Waals surface area contributed by atoms with Crippen LogP contribution in [0.5, 0.6) is 0 Å². The van der Waals surface area contributed by atoms with Crippen molar-refractivity contribution in [2.45, 2.75) is 38.3 Å². The van der Waals surface area contributed by atoms with E-state index in [1.807, 2.05) is 0 Å². The zero-order chi connectivity index (χ0) is 14.2. The van der Waals surface area contributed by atoms with Gasteiger partial charge in [0, 0.05) is 51.9 Å². The summed E-state index contributed by atoms with van der Waals surface area (Å²) in [5.74, 6) is 0.325. The normalized spacial score (nSPS) is 29.5. The molecule has 0 aromatic rings. The molecule has 5 nitrogen and oxygen atoms in total. The van der Waals surface area contributed by atoms with E-state index in [1.165, 1.54) is 19.4 Å². The van der Waals surface area contributed by atoms with Crippen molar-refractivity contribution >= 4 is 5.91 Å². The topological polar surface area (TPSA) is 38.8 Å². The Balaban J connectivity index is 1.64. The van der Waals surface area contributed by atoms with Gasteiger partial charge in [-0.1, -0.05) is 0 Å². The molecule has 1 unspecified atom stereocenters. The molecule has 0 spiro atoms. The van der Waals surface area contributed by atoms with Crippen molar-refractivity contribution in [3.63, 3.8) is 0 Å². The van der Waals surface area contributed by atoms with E-state index in [-0.39, 0.29) is 5.54 Å². The number of nitrogens with zero attached hydrogens (tertiary/aromatic N) is 3. The number of nitrogens with one attached hydrogen (secondary N) is 1. The fraction of sp³-hybridized carbons (Fsp3) is 0.933. The van der Waals surface area contributed by atoms with Crippen LogP contribution in [-0.2, 0) is 4.79 Å². The van der Waals surface area contributed by atoms with Gasteiger partial charge in [-0.15, -0.1) is 0 Å². The Labute approximate surface area is 122 Å². The summed E-state index contributed by atoms with van der Waals surface area (Å²) in [5.41, 5.74) is -0.358. The minimum Gasteiger partial charge on any atom is -0.338 e. The number of rotatable bonds is 2. The molecule has 1 N–H and O–H groups in total. The Morgan fingerprint density at radius 2 is 1.85 bits per heavy atom. The Morgan fingerprint density at radius 1 is 1.10 bits per heavy atom. The zero-order valence-electron chi connectivity index (χ0n) is 12.9. The average Bonchev–Trinajstić information content (AvgIpc) is 2.94. The Kier molecular flexibility index (Phi) is 4.02. The SMILES string of the molecule is CC(C)(C(=O)N1CCN2CCCC2C1)N1CCNCC1.